The first kappa shape index (κ1) is 57.3. The Hall–Kier alpha value is -4.43. The van der Waals surface area contributed by atoms with Crippen LogP contribution < -0.4 is 5.30 Å². The molecule has 0 saturated carbocycles. The van der Waals surface area contributed by atoms with Gasteiger partial charge in [-0.1, -0.05) is 257 Å². The van der Waals surface area contributed by atoms with E-state index >= 15 is 4.57 Å². The van der Waals surface area contributed by atoms with E-state index in [1.807, 2.05) is 0 Å². The SMILES string of the molecule is CC(C)(C)c1ccc(-c2cccc3c2-c2c-3c(-c3ccc(C(C)(C)C)cc3C(C)(C)C)c(-c3ccc(C(C)(C)C)cc3C(C)(C)C)c(-c3ccc(C(C)(C)C)cc3C(C)(C)C)c2P(=O)(O)[P+](=O)O)c(C(C)(C)C)c1. The summed E-state index contributed by atoms with van der Waals surface area (Å²) in [4.78, 5) is 24.7. The third kappa shape index (κ3) is 10.4. The summed E-state index contributed by atoms with van der Waals surface area (Å²) in [6.45, 7) is 53.8. The van der Waals surface area contributed by atoms with Crippen LogP contribution in [0.25, 0.3) is 66.8 Å². The van der Waals surface area contributed by atoms with Gasteiger partial charge in [0, 0.05) is 11.1 Å². The first-order valence-corrected chi connectivity index (χ1v) is 30.5. The Morgan fingerprint density at radius 2 is 0.595 bits per heavy atom. The van der Waals surface area contributed by atoms with Crippen LogP contribution in [-0.4, -0.2) is 9.79 Å². The van der Waals surface area contributed by atoms with E-state index in [9.17, 15) is 14.4 Å². The van der Waals surface area contributed by atoms with Crippen LogP contribution in [0.4, 0.5) is 0 Å². The minimum absolute atomic E-state index is 0.0517. The highest BCUT2D eigenvalue weighted by atomic mass is 32.1. The number of rotatable bonds is 6. The van der Waals surface area contributed by atoms with Crippen LogP contribution in [0.1, 0.15) is 211 Å². The van der Waals surface area contributed by atoms with Crippen molar-refractivity contribution in [2.45, 2.75) is 209 Å². The summed E-state index contributed by atoms with van der Waals surface area (Å²) in [5, 5.41) is 0.0517. The van der Waals surface area contributed by atoms with Gasteiger partial charge in [-0.05, 0) is 148 Å². The van der Waals surface area contributed by atoms with Crippen LogP contribution in [0.5, 0.6) is 0 Å². The predicted molar refractivity (Wildman–Crippen MR) is 322 cm³/mol. The van der Waals surface area contributed by atoms with Gasteiger partial charge >= 0.3 is 14.8 Å². The number of benzene rings is 6. The molecule has 0 heterocycles. The van der Waals surface area contributed by atoms with Gasteiger partial charge in [0.25, 0.3) is 0 Å². The van der Waals surface area contributed by atoms with Gasteiger partial charge in [0.15, 0.2) is 0 Å². The molecule has 0 radical (unpaired) electrons. The minimum atomic E-state index is -5.15. The van der Waals surface area contributed by atoms with Gasteiger partial charge < -0.3 is 4.89 Å². The molecule has 2 atom stereocenters. The fourth-order valence-electron chi connectivity index (χ4n) is 11.0. The van der Waals surface area contributed by atoms with Crippen molar-refractivity contribution < 1.29 is 18.9 Å². The van der Waals surface area contributed by atoms with E-state index in [4.69, 9.17) is 0 Å². The van der Waals surface area contributed by atoms with Crippen LogP contribution >= 0.6 is 14.8 Å². The summed E-state index contributed by atoms with van der Waals surface area (Å²) in [7, 11) is -8.81. The molecule has 0 amide bonds. The van der Waals surface area contributed by atoms with Crippen molar-refractivity contribution in [2.75, 3.05) is 0 Å². The van der Waals surface area contributed by atoms with E-state index in [0.29, 0.717) is 11.1 Å². The Balaban J connectivity index is 1.91. The van der Waals surface area contributed by atoms with Crippen molar-refractivity contribution in [3.63, 3.8) is 0 Å². The van der Waals surface area contributed by atoms with Gasteiger partial charge in [0.05, 0.1) is 0 Å². The molecule has 1 aliphatic carbocycles. The lowest BCUT2D eigenvalue weighted by atomic mass is 9.65. The van der Waals surface area contributed by atoms with Crippen molar-refractivity contribution in [2.24, 2.45) is 0 Å². The largest absolute Gasteiger partial charge is 0.592 e. The van der Waals surface area contributed by atoms with Crippen LogP contribution in [0.3, 0.4) is 0 Å². The molecule has 2 unspecified atom stereocenters. The van der Waals surface area contributed by atoms with Crippen LogP contribution in [0, 0.1) is 0 Å². The van der Waals surface area contributed by atoms with E-state index in [2.05, 4.69) is 257 Å². The molecule has 0 saturated heterocycles. The lowest BCUT2D eigenvalue weighted by Gasteiger charge is -2.39. The van der Waals surface area contributed by atoms with Gasteiger partial charge in [0.1, 0.15) is 5.30 Å². The maximum atomic E-state index is 16.0. The molecule has 4 nitrogen and oxygen atoms in total. The van der Waals surface area contributed by atoms with Crippen molar-refractivity contribution in [1.82, 2.24) is 0 Å². The van der Waals surface area contributed by atoms with E-state index in [-0.39, 0.29) is 37.8 Å². The van der Waals surface area contributed by atoms with Gasteiger partial charge in [-0.15, -0.1) is 0 Å². The molecule has 74 heavy (non-hydrogen) atoms. The van der Waals surface area contributed by atoms with E-state index in [0.717, 1.165) is 77.9 Å². The average molecular weight is 1030 g/mol. The molecule has 6 aromatic rings. The maximum absolute atomic E-state index is 16.0. The molecule has 7 rings (SSSR count). The van der Waals surface area contributed by atoms with Gasteiger partial charge in [-0.3, -0.25) is 0 Å². The average Bonchev–Trinajstić information content (AvgIpc) is 3.23. The third-order valence-corrected chi connectivity index (χ3v) is 18.9. The molecule has 0 aromatic heterocycles. The molecular formula is C68H89O4P2+. The van der Waals surface area contributed by atoms with Crippen LogP contribution in [0.2, 0.25) is 0 Å². The molecule has 0 bridgehead atoms. The summed E-state index contributed by atoms with van der Waals surface area (Å²) < 4.78 is 30.3. The first-order chi connectivity index (χ1) is 33.4. The Morgan fingerprint density at radius 3 is 0.905 bits per heavy atom. The van der Waals surface area contributed by atoms with Crippen LogP contribution in [-0.2, 0) is 52.5 Å². The Kier molecular flexibility index (Phi) is 14.2. The molecule has 6 aromatic carbocycles. The second-order valence-corrected chi connectivity index (χ2v) is 34.5. The zero-order valence-corrected chi connectivity index (χ0v) is 51.6. The molecule has 394 valence electrons. The fourth-order valence-corrected chi connectivity index (χ4v) is 13.4. The molecule has 0 fully saturated rings. The standard InChI is InChI=1S/C68H88O4P2/c1-61(2,3)40-28-32-44(50(36-40)65(13,14)15)45-26-25-27-49-54(45)59-57(49)55(46-33-29-41(62(4,5)6)37-51(46)66(16,17)18)56(47-34-30-42(63(7,8)9)38-52(47)67(19,20)21)58(60(59)74(71,72)73(69)70)48-35-31-43(64(10,11)12)39-53(48)68(22,23)24/h25-39H,1-24H3,(H-,69,70,71,72)/p+1. The minimum Gasteiger partial charge on any atom is -0.303 e. The van der Waals surface area contributed by atoms with Crippen molar-refractivity contribution in [3.8, 4) is 66.8 Å². The quantitative estimate of drug-likeness (QED) is 0.163. The monoisotopic (exact) mass is 1030 g/mol. The summed E-state index contributed by atoms with van der Waals surface area (Å²) in [6, 6.07) is 33.6. The zero-order chi connectivity index (χ0) is 55.8. The molecule has 0 aliphatic heterocycles. The summed E-state index contributed by atoms with van der Waals surface area (Å²) >= 11 is 0. The highest BCUT2D eigenvalue weighted by Gasteiger charge is 2.53. The summed E-state index contributed by atoms with van der Waals surface area (Å²) in [5.41, 5.74) is 17.3. The lowest BCUT2D eigenvalue weighted by Crippen LogP contribution is -2.25. The predicted octanol–water partition coefficient (Wildman–Crippen LogP) is 19.9. The highest BCUT2D eigenvalue weighted by Crippen LogP contribution is 2.71. The van der Waals surface area contributed by atoms with E-state index in [1.54, 1.807) is 0 Å². The molecule has 6 heteroatoms. The molecule has 0 spiro atoms. The smallest absolute Gasteiger partial charge is 0.303 e. The lowest BCUT2D eigenvalue weighted by molar-refractivity contribution is 0.477. The Labute approximate surface area is 448 Å². The molecule has 1 aliphatic rings. The number of hydrogen-bond acceptors (Lipinski definition) is 2. The highest BCUT2D eigenvalue weighted by molar-refractivity contribution is 8.26. The van der Waals surface area contributed by atoms with Crippen molar-refractivity contribution in [3.05, 3.63) is 136 Å². The third-order valence-electron chi connectivity index (χ3n) is 15.5. The Morgan fingerprint density at radius 1 is 0.324 bits per heavy atom. The van der Waals surface area contributed by atoms with E-state index < -0.39 is 25.6 Å². The van der Waals surface area contributed by atoms with Crippen molar-refractivity contribution >= 4 is 20.1 Å². The maximum Gasteiger partial charge on any atom is 0.592 e. The van der Waals surface area contributed by atoms with E-state index in [1.165, 1.54) is 22.3 Å². The van der Waals surface area contributed by atoms with Gasteiger partial charge in [-0.25, -0.2) is 4.57 Å². The van der Waals surface area contributed by atoms with Gasteiger partial charge in [0.2, 0.25) is 0 Å². The molecular weight excluding hydrogens is 943 g/mol. The number of hydrogen-bond donors (Lipinski definition) is 2. The molecule has 2 N–H and O–H groups in total. The summed E-state index contributed by atoms with van der Waals surface area (Å²) in [6.07, 6.45) is 0. The van der Waals surface area contributed by atoms with Crippen LogP contribution in [0.15, 0.2) is 91.0 Å². The van der Waals surface area contributed by atoms with Gasteiger partial charge in [-0.2, -0.15) is 4.89 Å². The first-order valence-electron chi connectivity index (χ1n) is 26.9. The number of fused-ring (bicyclic) bond motifs is 4. The second-order valence-electron chi connectivity index (χ2n) is 29.8. The second kappa shape index (κ2) is 18.4. The normalized spacial score (nSPS) is 14.8. The Bertz CT molecular complexity index is 3290. The summed E-state index contributed by atoms with van der Waals surface area (Å²) in [5.74, 6) is 0. The topological polar surface area (TPSA) is 74.6 Å². The van der Waals surface area contributed by atoms with Crippen molar-refractivity contribution in [1.29, 1.82) is 0 Å². The fraction of sp³-hybridized carbons (Fsp3) is 0.471. The zero-order valence-electron chi connectivity index (χ0n) is 49.8.